The molecule has 0 amide bonds. The number of piperazine rings is 1. The van der Waals surface area contributed by atoms with Crippen molar-refractivity contribution in [3.63, 3.8) is 0 Å². The summed E-state index contributed by atoms with van der Waals surface area (Å²) in [6.07, 6.45) is 0. The molecule has 3 heterocycles. The van der Waals surface area contributed by atoms with E-state index in [1.54, 1.807) is 16.8 Å². The lowest BCUT2D eigenvalue weighted by Gasteiger charge is -2.33. The molecule has 8 heteroatoms. The van der Waals surface area contributed by atoms with Crippen LogP contribution in [-0.4, -0.2) is 52.4 Å². The summed E-state index contributed by atoms with van der Waals surface area (Å²) < 4.78 is 20.7. The van der Waals surface area contributed by atoms with Crippen LogP contribution in [0.25, 0.3) is 11.1 Å². The van der Waals surface area contributed by atoms with Crippen LogP contribution in [0, 0.1) is 5.82 Å². The van der Waals surface area contributed by atoms with Gasteiger partial charge in [-0.1, -0.05) is 20.8 Å². The van der Waals surface area contributed by atoms with Gasteiger partial charge in [-0.15, -0.1) is 0 Å². The van der Waals surface area contributed by atoms with Crippen molar-refractivity contribution in [3.05, 3.63) is 52.2 Å². The smallest absolute Gasteiger partial charge is 0.298 e. The molecule has 2 aromatic heterocycles. The van der Waals surface area contributed by atoms with Gasteiger partial charge in [-0.05, 0) is 18.2 Å². The molecule has 0 N–H and O–H groups in total. The van der Waals surface area contributed by atoms with Crippen molar-refractivity contribution < 1.29 is 8.81 Å². The standard InChI is InChI=1S/C21H26FN5O2/c1-21(2,3)18-6-7-19(28)27(24-18)13-10-25-8-11-26(12-9-25)20-23-16-14-15(22)4-5-17(16)29-20/h4-7,14H,8-13H2,1-3H3. The zero-order valence-corrected chi connectivity index (χ0v) is 17.1. The Hall–Kier alpha value is -2.74. The van der Waals surface area contributed by atoms with E-state index in [1.165, 1.54) is 12.1 Å². The molecular weight excluding hydrogens is 373 g/mol. The number of anilines is 1. The van der Waals surface area contributed by atoms with E-state index in [-0.39, 0.29) is 16.8 Å². The first-order chi connectivity index (χ1) is 13.8. The van der Waals surface area contributed by atoms with E-state index in [1.807, 2.05) is 6.07 Å². The maximum absolute atomic E-state index is 13.4. The number of halogens is 1. The predicted octanol–water partition coefficient (Wildman–Crippen LogP) is 2.64. The highest BCUT2D eigenvalue weighted by Gasteiger charge is 2.22. The molecule has 1 aliphatic heterocycles. The van der Waals surface area contributed by atoms with Crippen molar-refractivity contribution in [2.45, 2.75) is 32.7 Å². The number of hydrogen-bond donors (Lipinski definition) is 0. The highest BCUT2D eigenvalue weighted by molar-refractivity contribution is 5.74. The van der Waals surface area contributed by atoms with E-state index in [0.29, 0.717) is 23.7 Å². The number of aromatic nitrogens is 3. The third kappa shape index (κ3) is 4.32. The second-order valence-electron chi connectivity index (χ2n) is 8.47. The highest BCUT2D eigenvalue weighted by Crippen LogP contribution is 2.23. The SMILES string of the molecule is CC(C)(C)c1ccc(=O)n(CCN2CCN(c3nc4cc(F)ccc4o3)CC2)n1. The minimum Gasteiger partial charge on any atom is -0.423 e. The summed E-state index contributed by atoms with van der Waals surface area (Å²) >= 11 is 0. The monoisotopic (exact) mass is 399 g/mol. The average molecular weight is 399 g/mol. The normalized spacial score (nSPS) is 15.9. The molecule has 0 spiro atoms. The predicted molar refractivity (Wildman–Crippen MR) is 110 cm³/mol. The van der Waals surface area contributed by atoms with Crippen LogP contribution in [-0.2, 0) is 12.0 Å². The minimum absolute atomic E-state index is 0.0738. The van der Waals surface area contributed by atoms with Crippen molar-refractivity contribution in [1.29, 1.82) is 0 Å². The molecule has 3 aromatic rings. The lowest BCUT2D eigenvalue weighted by molar-refractivity contribution is 0.238. The van der Waals surface area contributed by atoms with E-state index in [2.05, 4.69) is 40.7 Å². The molecule has 0 saturated carbocycles. The van der Waals surface area contributed by atoms with Gasteiger partial charge in [-0.2, -0.15) is 10.1 Å². The first kappa shape index (κ1) is 19.6. The number of nitrogens with zero attached hydrogens (tertiary/aromatic N) is 5. The highest BCUT2D eigenvalue weighted by atomic mass is 19.1. The fraction of sp³-hybridized carbons (Fsp3) is 0.476. The third-order valence-electron chi connectivity index (χ3n) is 5.24. The van der Waals surface area contributed by atoms with Gasteiger partial charge in [0.05, 0.1) is 12.2 Å². The zero-order chi connectivity index (χ0) is 20.6. The second-order valence-corrected chi connectivity index (χ2v) is 8.47. The molecule has 1 saturated heterocycles. The Bertz CT molecular complexity index is 1060. The first-order valence-corrected chi connectivity index (χ1v) is 9.92. The van der Waals surface area contributed by atoms with Crippen molar-refractivity contribution in [3.8, 4) is 0 Å². The number of benzene rings is 1. The summed E-state index contributed by atoms with van der Waals surface area (Å²) in [6.45, 7) is 10.8. The van der Waals surface area contributed by atoms with E-state index in [0.717, 1.165) is 38.4 Å². The molecule has 0 radical (unpaired) electrons. The summed E-state index contributed by atoms with van der Waals surface area (Å²) in [6, 6.07) is 8.30. The summed E-state index contributed by atoms with van der Waals surface area (Å²) in [7, 11) is 0. The summed E-state index contributed by atoms with van der Waals surface area (Å²) in [5.41, 5.74) is 1.87. The fourth-order valence-corrected chi connectivity index (χ4v) is 3.43. The van der Waals surface area contributed by atoms with Crippen LogP contribution in [0.15, 0.2) is 39.5 Å². The van der Waals surface area contributed by atoms with E-state index < -0.39 is 0 Å². The summed E-state index contributed by atoms with van der Waals surface area (Å²) in [4.78, 5) is 20.9. The Balaban J connectivity index is 1.36. The van der Waals surface area contributed by atoms with Crippen LogP contribution >= 0.6 is 0 Å². The van der Waals surface area contributed by atoms with Crippen LogP contribution in [0.1, 0.15) is 26.5 Å². The molecular formula is C21H26FN5O2. The molecule has 29 heavy (non-hydrogen) atoms. The second kappa shape index (κ2) is 7.59. The summed E-state index contributed by atoms with van der Waals surface area (Å²) in [5, 5.41) is 4.53. The average Bonchev–Trinajstić information content (AvgIpc) is 3.10. The topological polar surface area (TPSA) is 67.4 Å². The maximum Gasteiger partial charge on any atom is 0.298 e. The number of fused-ring (bicyclic) bond motifs is 1. The Labute approximate surface area is 168 Å². The van der Waals surface area contributed by atoms with Gasteiger partial charge in [0.25, 0.3) is 11.6 Å². The molecule has 0 bridgehead atoms. The largest absolute Gasteiger partial charge is 0.423 e. The number of rotatable bonds is 4. The van der Waals surface area contributed by atoms with E-state index in [4.69, 9.17) is 4.42 Å². The van der Waals surface area contributed by atoms with Crippen molar-refractivity contribution in [2.75, 3.05) is 37.6 Å². The van der Waals surface area contributed by atoms with Crippen LogP contribution < -0.4 is 10.5 Å². The minimum atomic E-state index is -0.318. The van der Waals surface area contributed by atoms with Gasteiger partial charge in [0.15, 0.2) is 5.58 Å². The van der Waals surface area contributed by atoms with Crippen molar-refractivity contribution in [1.82, 2.24) is 19.7 Å². The lowest BCUT2D eigenvalue weighted by Crippen LogP contribution is -2.47. The molecule has 1 aromatic carbocycles. The quantitative estimate of drug-likeness (QED) is 0.672. The maximum atomic E-state index is 13.4. The Morgan fingerprint density at radius 3 is 2.55 bits per heavy atom. The van der Waals surface area contributed by atoms with Gasteiger partial charge in [0.2, 0.25) is 0 Å². The fourth-order valence-electron chi connectivity index (χ4n) is 3.43. The Morgan fingerprint density at radius 2 is 1.83 bits per heavy atom. The van der Waals surface area contributed by atoms with Crippen LogP contribution in [0.5, 0.6) is 0 Å². The van der Waals surface area contributed by atoms with Gasteiger partial charge >= 0.3 is 0 Å². The van der Waals surface area contributed by atoms with E-state index in [9.17, 15) is 9.18 Å². The zero-order valence-electron chi connectivity index (χ0n) is 17.1. The molecule has 7 nitrogen and oxygen atoms in total. The first-order valence-electron chi connectivity index (χ1n) is 9.92. The number of hydrogen-bond acceptors (Lipinski definition) is 6. The van der Waals surface area contributed by atoms with Crippen molar-refractivity contribution in [2.24, 2.45) is 0 Å². The van der Waals surface area contributed by atoms with Gasteiger partial charge in [-0.25, -0.2) is 9.07 Å². The van der Waals surface area contributed by atoms with Gasteiger partial charge in [-0.3, -0.25) is 9.69 Å². The molecule has 154 valence electrons. The Kier molecular flexibility index (Phi) is 5.12. The Morgan fingerprint density at radius 1 is 1.07 bits per heavy atom. The molecule has 0 aliphatic carbocycles. The van der Waals surface area contributed by atoms with Gasteiger partial charge in [0.1, 0.15) is 11.3 Å². The van der Waals surface area contributed by atoms with Crippen LogP contribution in [0.4, 0.5) is 10.4 Å². The molecule has 4 rings (SSSR count). The molecule has 1 aliphatic rings. The third-order valence-corrected chi connectivity index (χ3v) is 5.24. The number of oxazole rings is 1. The van der Waals surface area contributed by atoms with Crippen LogP contribution in [0.3, 0.4) is 0 Å². The van der Waals surface area contributed by atoms with Crippen molar-refractivity contribution >= 4 is 17.1 Å². The van der Waals surface area contributed by atoms with Gasteiger partial charge in [0, 0.05) is 50.3 Å². The molecule has 0 unspecified atom stereocenters. The van der Waals surface area contributed by atoms with E-state index >= 15 is 0 Å². The van der Waals surface area contributed by atoms with Crippen LogP contribution in [0.2, 0.25) is 0 Å². The molecule has 0 atom stereocenters. The molecule has 1 fully saturated rings. The lowest BCUT2D eigenvalue weighted by atomic mass is 9.92. The van der Waals surface area contributed by atoms with Gasteiger partial charge < -0.3 is 9.32 Å². The summed E-state index contributed by atoms with van der Waals surface area (Å²) in [5.74, 6) is -0.318.